The van der Waals surface area contributed by atoms with Gasteiger partial charge in [-0.2, -0.15) is 13.2 Å². The summed E-state index contributed by atoms with van der Waals surface area (Å²) in [4.78, 5) is 0. The van der Waals surface area contributed by atoms with Gasteiger partial charge in [0.05, 0.1) is 5.56 Å². The van der Waals surface area contributed by atoms with Gasteiger partial charge in [0.25, 0.3) is 0 Å². The summed E-state index contributed by atoms with van der Waals surface area (Å²) in [7, 11) is 0. The summed E-state index contributed by atoms with van der Waals surface area (Å²) >= 11 is 0. The molecule has 1 rings (SSSR count). The zero-order valence-corrected chi connectivity index (χ0v) is 9.23. The molecule has 0 heterocycles. The van der Waals surface area contributed by atoms with Crippen molar-refractivity contribution < 1.29 is 13.2 Å². The predicted molar refractivity (Wildman–Crippen MR) is 60.0 cm³/mol. The monoisotopic (exact) mass is 226 g/mol. The van der Waals surface area contributed by atoms with Crippen LogP contribution >= 0.6 is 0 Å². The van der Waals surface area contributed by atoms with Gasteiger partial charge in [-0.25, -0.2) is 0 Å². The van der Waals surface area contributed by atoms with E-state index in [-0.39, 0.29) is 0 Å². The van der Waals surface area contributed by atoms with Crippen LogP contribution in [0.15, 0.2) is 36.4 Å². The molecule has 0 amide bonds. The van der Waals surface area contributed by atoms with Crippen molar-refractivity contribution in [2.24, 2.45) is 0 Å². The molecule has 0 saturated heterocycles. The highest BCUT2D eigenvalue weighted by atomic mass is 19.4. The fraction of sp³-hybridized carbons (Fsp3) is 0.231. The van der Waals surface area contributed by atoms with Crippen LogP contribution in [0.5, 0.6) is 0 Å². The van der Waals surface area contributed by atoms with Gasteiger partial charge in [-0.3, -0.25) is 0 Å². The minimum absolute atomic E-state index is 0.567. The summed E-state index contributed by atoms with van der Waals surface area (Å²) in [6, 6.07) is 3.71. The molecular formula is C13H13F3. The minimum Gasteiger partial charge on any atom is -0.166 e. The summed E-state index contributed by atoms with van der Waals surface area (Å²) in [6.45, 7) is 7.23. The maximum absolute atomic E-state index is 12.5. The third-order valence-corrected chi connectivity index (χ3v) is 2.15. The van der Waals surface area contributed by atoms with Gasteiger partial charge in [-0.1, -0.05) is 30.4 Å². The Kier molecular flexibility index (Phi) is 3.58. The Morgan fingerprint density at radius 3 is 2.44 bits per heavy atom. The van der Waals surface area contributed by atoms with E-state index in [1.807, 2.05) is 0 Å². The van der Waals surface area contributed by atoms with Crippen molar-refractivity contribution in [1.82, 2.24) is 0 Å². The lowest BCUT2D eigenvalue weighted by molar-refractivity contribution is -0.137. The van der Waals surface area contributed by atoms with Crippen molar-refractivity contribution in [3.8, 4) is 0 Å². The van der Waals surface area contributed by atoms with Crippen LogP contribution in [-0.2, 0) is 6.18 Å². The second kappa shape index (κ2) is 4.56. The van der Waals surface area contributed by atoms with Crippen molar-refractivity contribution in [3.05, 3.63) is 53.1 Å². The van der Waals surface area contributed by atoms with Gasteiger partial charge >= 0.3 is 6.18 Å². The highest BCUT2D eigenvalue weighted by molar-refractivity contribution is 5.57. The van der Waals surface area contributed by atoms with Crippen molar-refractivity contribution in [1.29, 1.82) is 0 Å². The molecule has 0 unspecified atom stereocenters. The first-order valence-corrected chi connectivity index (χ1v) is 4.82. The molecule has 0 aliphatic carbocycles. The Balaban J connectivity index is 3.14. The van der Waals surface area contributed by atoms with Crippen molar-refractivity contribution in [2.75, 3.05) is 0 Å². The van der Waals surface area contributed by atoms with Gasteiger partial charge in [0, 0.05) is 0 Å². The van der Waals surface area contributed by atoms with E-state index in [0.717, 1.165) is 23.3 Å². The maximum atomic E-state index is 12.5. The summed E-state index contributed by atoms with van der Waals surface area (Å²) in [5, 5.41) is 0. The van der Waals surface area contributed by atoms with Crippen LogP contribution in [0.4, 0.5) is 13.2 Å². The number of rotatable bonds is 2. The van der Waals surface area contributed by atoms with Gasteiger partial charge in [0.1, 0.15) is 0 Å². The second-order valence-corrected chi connectivity index (χ2v) is 3.75. The second-order valence-electron chi connectivity index (χ2n) is 3.75. The molecule has 16 heavy (non-hydrogen) atoms. The smallest absolute Gasteiger partial charge is 0.166 e. The van der Waals surface area contributed by atoms with Crippen LogP contribution in [0.3, 0.4) is 0 Å². The van der Waals surface area contributed by atoms with Crippen LogP contribution in [0.1, 0.15) is 23.6 Å². The molecule has 0 fully saturated rings. The predicted octanol–water partition coefficient (Wildman–Crippen LogP) is 4.60. The number of hydrogen-bond donors (Lipinski definition) is 0. The highest BCUT2D eigenvalue weighted by Gasteiger charge is 2.30. The molecule has 0 aliphatic rings. The van der Waals surface area contributed by atoms with E-state index >= 15 is 0 Å². The van der Waals surface area contributed by atoms with E-state index in [4.69, 9.17) is 0 Å². The lowest BCUT2D eigenvalue weighted by Crippen LogP contribution is -2.05. The molecule has 0 spiro atoms. The molecular weight excluding hydrogens is 213 g/mol. The number of benzene rings is 1. The van der Waals surface area contributed by atoms with Gasteiger partial charge in [-0.15, -0.1) is 0 Å². The summed E-state index contributed by atoms with van der Waals surface area (Å²) < 4.78 is 37.4. The minimum atomic E-state index is -4.29. The Bertz CT molecular complexity index is 425. The Morgan fingerprint density at radius 2 is 1.94 bits per heavy atom. The zero-order chi connectivity index (χ0) is 12.3. The van der Waals surface area contributed by atoms with Crippen LogP contribution in [-0.4, -0.2) is 0 Å². The quantitative estimate of drug-likeness (QED) is 0.646. The molecule has 0 atom stereocenters. The van der Waals surface area contributed by atoms with Crippen molar-refractivity contribution in [2.45, 2.75) is 20.0 Å². The lowest BCUT2D eigenvalue weighted by Gasteiger charge is -2.09. The normalized spacial score (nSPS) is 12.1. The molecule has 1 aromatic rings. The van der Waals surface area contributed by atoms with Crippen molar-refractivity contribution >= 4 is 6.08 Å². The number of halogens is 3. The molecule has 0 aliphatic heterocycles. The topological polar surface area (TPSA) is 0 Å². The average Bonchev–Trinajstić information content (AvgIpc) is 2.14. The standard InChI is InChI=1S/C13H13F3/c1-9(2)4-6-11-8-12(13(14,15)16)7-5-10(11)3/h4-8H,1H2,2-3H3/b6-4-. The Hall–Kier alpha value is -1.51. The first-order chi connectivity index (χ1) is 7.30. The van der Waals surface area contributed by atoms with Crippen molar-refractivity contribution in [3.63, 3.8) is 0 Å². The van der Waals surface area contributed by atoms with E-state index in [1.54, 1.807) is 26.0 Å². The first kappa shape index (κ1) is 12.6. The van der Waals surface area contributed by atoms with Crippen LogP contribution < -0.4 is 0 Å². The largest absolute Gasteiger partial charge is 0.416 e. The number of aryl methyl sites for hydroxylation is 1. The van der Waals surface area contributed by atoms with Gasteiger partial charge in [0.15, 0.2) is 0 Å². The summed E-state index contributed by atoms with van der Waals surface area (Å²) in [5.74, 6) is 0. The number of allylic oxidation sites excluding steroid dienone is 2. The van der Waals surface area contributed by atoms with Crippen LogP contribution in [0.25, 0.3) is 6.08 Å². The summed E-state index contributed by atoms with van der Waals surface area (Å²) in [5.41, 5.74) is 1.56. The number of hydrogen-bond acceptors (Lipinski definition) is 0. The summed E-state index contributed by atoms with van der Waals surface area (Å²) in [6.07, 6.45) is -0.949. The zero-order valence-electron chi connectivity index (χ0n) is 9.23. The van der Waals surface area contributed by atoms with Crippen LogP contribution in [0.2, 0.25) is 0 Å². The lowest BCUT2D eigenvalue weighted by atomic mass is 10.0. The van der Waals surface area contributed by atoms with E-state index in [2.05, 4.69) is 6.58 Å². The third kappa shape index (κ3) is 3.26. The van der Waals surface area contributed by atoms with E-state index in [1.165, 1.54) is 6.07 Å². The third-order valence-electron chi connectivity index (χ3n) is 2.15. The highest BCUT2D eigenvalue weighted by Crippen LogP contribution is 2.30. The van der Waals surface area contributed by atoms with Gasteiger partial charge in [-0.05, 0) is 37.1 Å². The molecule has 0 aromatic heterocycles. The molecule has 0 radical (unpaired) electrons. The average molecular weight is 226 g/mol. The Morgan fingerprint density at radius 1 is 1.31 bits per heavy atom. The SMILES string of the molecule is C=C(C)/C=C\c1cc(C(F)(F)F)ccc1C. The van der Waals surface area contributed by atoms with E-state index in [9.17, 15) is 13.2 Å². The molecule has 3 heteroatoms. The molecule has 0 nitrogen and oxygen atoms in total. The Labute approximate surface area is 93.1 Å². The molecule has 0 bridgehead atoms. The van der Waals surface area contributed by atoms with Crippen LogP contribution in [0, 0.1) is 6.92 Å². The van der Waals surface area contributed by atoms with E-state index < -0.39 is 11.7 Å². The molecule has 0 saturated carbocycles. The fourth-order valence-electron chi connectivity index (χ4n) is 1.23. The molecule has 0 N–H and O–H groups in total. The first-order valence-electron chi connectivity index (χ1n) is 4.82. The van der Waals surface area contributed by atoms with E-state index in [0.29, 0.717) is 5.56 Å². The fourth-order valence-corrected chi connectivity index (χ4v) is 1.23. The number of alkyl halides is 3. The maximum Gasteiger partial charge on any atom is 0.416 e. The molecule has 86 valence electrons. The molecule has 1 aromatic carbocycles. The van der Waals surface area contributed by atoms with Gasteiger partial charge in [0.2, 0.25) is 0 Å². The van der Waals surface area contributed by atoms with Gasteiger partial charge < -0.3 is 0 Å².